The van der Waals surface area contributed by atoms with Gasteiger partial charge in [-0.2, -0.15) is 5.10 Å². The zero-order valence-electron chi connectivity index (χ0n) is 18.1. The van der Waals surface area contributed by atoms with Crippen molar-refractivity contribution in [1.29, 1.82) is 0 Å². The quantitative estimate of drug-likeness (QED) is 0.280. The third kappa shape index (κ3) is 6.61. The number of carbonyl (C=O) groups is 1. The van der Waals surface area contributed by atoms with Crippen molar-refractivity contribution >= 4 is 35.1 Å². The molecular formula is C24H25ClN4O3S. The number of rotatable bonds is 9. The average molecular weight is 485 g/mol. The van der Waals surface area contributed by atoms with Gasteiger partial charge in [0, 0.05) is 41.2 Å². The van der Waals surface area contributed by atoms with Crippen LogP contribution in [-0.2, 0) is 16.0 Å². The van der Waals surface area contributed by atoms with Crippen molar-refractivity contribution in [2.24, 2.45) is 5.10 Å². The lowest BCUT2D eigenvalue weighted by molar-refractivity contribution is 0.0195. The molecule has 0 atom stereocenters. The summed E-state index contributed by atoms with van der Waals surface area (Å²) in [5, 5.41) is 7.81. The lowest BCUT2D eigenvalue weighted by atomic mass is 10.1. The Labute approximate surface area is 202 Å². The van der Waals surface area contributed by atoms with E-state index < -0.39 is 0 Å². The number of hydrazone groups is 1. The van der Waals surface area contributed by atoms with E-state index in [4.69, 9.17) is 21.1 Å². The van der Waals surface area contributed by atoms with Crippen LogP contribution in [0.4, 0.5) is 0 Å². The predicted octanol–water partition coefficient (Wildman–Crippen LogP) is 4.08. The summed E-state index contributed by atoms with van der Waals surface area (Å²) in [6.45, 7) is 4.71. The third-order valence-corrected chi connectivity index (χ3v) is 6.33. The van der Waals surface area contributed by atoms with Gasteiger partial charge in [-0.05, 0) is 12.1 Å². The van der Waals surface area contributed by atoms with Crippen LogP contribution in [0.2, 0.25) is 5.02 Å². The first-order valence-corrected chi connectivity index (χ1v) is 12.0. The summed E-state index contributed by atoms with van der Waals surface area (Å²) in [5.74, 6) is -0.352. The Kier molecular flexibility index (Phi) is 8.43. The maximum Gasteiger partial charge on any atom is 0.338 e. The second-order valence-electron chi connectivity index (χ2n) is 7.38. The average Bonchev–Trinajstić information content (AvgIpc) is 3.32. The molecule has 0 bridgehead atoms. The SMILES string of the molecule is O=C(OCCN1CCOCC1)c1ccccc1/C=N/NCc1nc(-c2ccccc2Cl)cs1. The maximum absolute atomic E-state index is 12.6. The summed E-state index contributed by atoms with van der Waals surface area (Å²) in [6.07, 6.45) is 1.63. The van der Waals surface area contributed by atoms with Crippen LogP contribution in [0, 0.1) is 0 Å². The highest BCUT2D eigenvalue weighted by atomic mass is 35.5. The molecule has 0 aliphatic carbocycles. The molecule has 1 aliphatic heterocycles. The van der Waals surface area contributed by atoms with Crippen LogP contribution < -0.4 is 5.43 Å². The van der Waals surface area contributed by atoms with E-state index in [0.717, 1.165) is 42.6 Å². The number of thiazole rings is 1. The fourth-order valence-corrected chi connectivity index (χ4v) is 4.34. The van der Waals surface area contributed by atoms with E-state index in [1.807, 2.05) is 47.8 Å². The van der Waals surface area contributed by atoms with Gasteiger partial charge in [-0.25, -0.2) is 9.78 Å². The van der Waals surface area contributed by atoms with Crippen LogP contribution in [-0.4, -0.2) is 61.5 Å². The van der Waals surface area contributed by atoms with Crippen molar-refractivity contribution in [3.8, 4) is 11.3 Å². The molecule has 172 valence electrons. The third-order valence-electron chi connectivity index (χ3n) is 5.15. The molecule has 0 unspecified atom stereocenters. The van der Waals surface area contributed by atoms with Crippen LogP contribution >= 0.6 is 22.9 Å². The number of hydrogen-bond acceptors (Lipinski definition) is 8. The Bertz CT molecular complexity index is 1100. The van der Waals surface area contributed by atoms with E-state index in [-0.39, 0.29) is 5.97 Å². The summed E-state index contributed by atoms with van der Waals surface area (Å²) < 4.78 is 10.8. The monoisotopic (exact) mass is 484 g/mol. The van der Waals surface area contributed by atoms with Crippen molar-refractivity contribution in [3.05, 3.63) is 75.1 Å². The summed E-state index contributed by atoms with van der Waals surface area (Å²) in [5.41, 5.74) is 5.93. The van der Waals surface area contributed by atoms with E-state index >= 15 is 0 Å². The van der Waals surface area contributed by atoms with Gasteiger partial charge in [-0.1, -0.05) is 48.0 Å². The van der Waals surface area contributed by atoms with Gasteiger partial charge in [0.05, 0.1) is 37.2 Å². The van der Waals surface area contributed by atoms with Crippen molar-refractivity contribution in [2.45, 2.75) is 6.54 Å². The van der Waals surface area contributed by atoms with Gasteiger partial charge < -0.3 is 14.9 Å². The smallest absolute Gasteiger partial charge is 0.338 e. The topological polar surface area (TPSA) is 76.0 Å². The molecule has 1 aliphatic rings. The molecule has 0 saturated carbocycles. The molecule has 0 spiro atoms. The van der Waals surface area contributed by atoms with Gasteiger partial charge in [0.15, 0.2) is 0 Å². The number of benzene rings is 2. The molecule has 0 radical (unpaired) electrons. The zero-order chi connectivity index (χ0) is 22.9. The molecule has 1 aromatic heterocycles. The van der Waals surface area contributed by atoms with Crippen LogP contribution in [0.5, 0.6) is 0 Å². The minimum Gasteiger partial charge on any atom is -0.461 e. The highest BCUT2D eigenvalue weighted by Gasteiger charge is 2.14. The van der Waals surface area contributed by atoms with Crippen LogP contribution in [0.1, 0.15) is 20.9 Å². The number of morpholine rings is 1. The van der Waals surface area contributed by atoms with E-state index in [1.54, 1.807) is 12.3 Å². The number of hydrogen-bond donors (Lipinski definition) is 1. The Morgan fingerprint density at radius 2 is 2.00 bits per heavy atom. The molecule has 0 amide bonds. The lowest BCUT2D eigenvalue weighted by Gasteiger charge is -2.26. The minimum absolute atomic E-state index is 0.348. The Morgan fingerprint density at radius 1 is 1.21 bits per heavy atom. The van der Waals surface area contributed by atoms with Crippen molar-refractivity contribution in [3.63, 3.8) is 0 Å². The van der Waals surface area contributed by atoms with Crippen molar-refractivity contribution in [1.82, 2.24) is 15.3 Å². The molecule has 3 aromatic rings. The fraction of sp³-hybridized carbons (Fsp3) is 0.292. The molecule has 4 rings (SSSR count). The van der Waals surface area contributed by atoms with Gasteiger partial charge in [0.2, 0.25) is 0 Å². The maximum atomic E-state index is 12.6. The van der Waals surface area contributed by atoms with E-state index in [1.165, 1.54) is 11.3 Å². The highest BCUT2D eigenvalue weighted by molar-refractivity contribution is 7.09. The van der Waals surface area contributed by atoms with Gasteiger partial charge in [0.25, 0.3) is 0 Å². The minimum atomic E-state index is -0.352. The van der Waals surface area contributed by atoms with Gasteiger partial charge in [-0.15, -0.1) is 11.3 Å². The lowest BCUT2D eigenvalue weighted by Crippen LogP contribution is -2.38. The normalized spacial score (nSPS) is 14.5. The second-order valence-corrected chi connectivity index (χ2v) is 8.73. The molecule has 1 saturated heterocycles. The second kappa shape index (κ2) is 11.9. The summed E-state index contributed by atoms with van der Waals surface area (Å²) >= 11 is 7.79. The molecule has 2 aromatic carbocycles. The van der Waals surface area contributed by atoms with Gasteiger partial charge in [0.1, 0.15) is 11.6 Å². The van der Waals surface area contributed by atoms with Gasteiger partial charge in [-0.3, -0.25) is 4.90 Å². The zero-order valence-corrected chi connectivity index (χ0v) is 19.6. The molecule has 1 N–H and O–H groups in total. The van der Waals surface area contributed by atoms with Crippen LogP contribution in [0.15, 0.2) is 59.0 Å². The number of aromatic nitrogens is 1. The van der Waals surface area contributed by atoms with E-state index in [9.17, 15) is 4.79 Å². The Balaban J connectivity index is 1.29. The number of ether oxygens (including phenoxy) is 2. The van der Waals surface area contributed by atoms with Crippen molar-refractivity contribution in [2.75, 3.05) is 39.5 Å². The molecule has 1 fully saturated rings. The van der Waals surface area contributed by atoms with E-state index in [0.29, 0.717) is 35.8 Å². The van der Waals surface area contributed by atoms with Crippen molar-refractivity contribution < 1.29 is 14.3 Å². The van der Waals surface area contributed by atoms with E-state index in [2.05, 4.69) is 20.4 Å². The first-order valence-electron chi connectivity index (χ1n) is 10.7. The van der Waals surface area contributed by atoms with Gasteiger partial charge >= 0.3 is 5.97 Å². The summed E-state index contributed by atoms with van der Waals surface area (Å²) in [4.78, 5) is 19.4. The predicted molar refractivity (Wildman–Crippen MR) is 131 cm³/mol. The number of carbonyl (C=O) groups excluding carboxylic acids is 1. The first kappa shape index (κ1) is 23.4. The fourth-order valence-electron chi connectivity index (χ4n) is 3.38. The molecule has 9 heteroatoms. The molecule has 2 heterocycles. The summed E-state index contributed by atoms with van der Waals surface area (Å²) in [6, 6.07) is 14.9. The first-order chi connectivity index (χ1) is 16.2. The Hall–Kier alpha value is -2.78. The Morgan fingerprint density at radius 3 is 2.85 bits per heavy atom. The number of esters is 1. The molecule has 33 heavy (non-hydrogen) atoms. The highest BCUT2D eigenvalue weighted by Crippen LogP contribution is 2.28. The van der Waals surface area contributed by atoms with Crippen LogP contribution in [0.3, 0.4) is 0 Å². The standard InChI is InChI=1S/C24H25ClN4O3S/c25-21-8-4-3-7-20(21)22-17-33-23(28-22)16-27-26-15-18-5-1-2-6-19(18)24(30)32-14-11-29-9-12-31-13-10-29/h1-8,15,17,27H,9-14,16H2/b26-15+. The number of nitrogens with zero attached hydrogens (tertiary/aromatic N) is 3. The van der Waals surface area contributed by atoms with Crippen LogP contribution in [0.25, 0.3) is 11.3 Å². The molecular weight excluding hydrogens is 460 g/mol. The number of nitrogens with one attached hydrogen (secondary N) is 1. The largest absolute Gasteiger partial charge is 0.461 e. The number of halogens is 1. The molecule has 7 nitrogen and oxygen atoms in total. The summed E-state index contributed by atoms with van der Waals surface area (Å²) in [7, 11) is 0.